The fraction of sp³-hybridized carbons (Fsp3) is 0.118. The number of hydrogen-bond donors (Lipinski definition) is 3. The average molecular weight is 374 g/mol. The van der Waals surface area contributed by atoms with Crippen molar-refractivity contribution >= 4 is 34.0 Å². The topological polar surface area (TPSA) is 82.9 Å². The van der Waals surface area contributed by atoms with Crippen molar-refractivity contribution in [2.24, 2.45) is 0 Å². The standard InChI is InChI=1S/C17H16ClN5OS/c1-24-15-7-4-5-12(18)11(15)9-21-16(19)23-17-22-14(10-25-17)13-6-2-3-8-20-13/h2-8,10H,9H2,1H3,(H3,19,21,22,23). The van der Waals surface area contributed by atoms with E-state index in [1.807, 2.05) is 35.7 Å². The molecule has 0 amide bonds. The summed E-state index contributed by atoms with van der Waals surface area (Å²) in [5.41, 5.74) is 2.37. The van der Waals surface area contributed by atoms with Gasteiger partial charge in [-0.3, -0.25) is 10.4 Å². The third-order valence-corrected chi connectivity index (χ3v) is 4.51. The molecule has 0 spiro atoms. The molecule has 0 aliphatic heterocycles. The van der Waals surface area contributed by atoms with Crippen molar-refractivity contribution < 1.29 is 4.74 Å². The van der Waals surface area contributed by atoms with Crippen LogP contribution < -0.4 is 15.4 Å². The van der Waals surface area contributed by atoms with Crippen LogP contribution in [0.5, 0.6) is 5.75 Å². The second-order valence-corrected chi connectivity index (χ2v) is 6.29. The Kier molecular flexibility index (Phi) is 5.47. The number of ether oxygens (including phenoxy) is 1. The maximum atomic E-state index is 8.03. The Morgan fingerprint density at radius 3 is 2.88 bits per heavy atom. The summed E-state index contributed by atoms with van der Waals surface area (Å²) in [5.74, 6) is 0.809. The lowest BCUT2D eigenvalue weighted by Crippen LogP contribution is -2.29. The molecule has 0 radical (unpaired) electrons. The van der Waals surface area contributed by atoms with Crippen LogP contribution in [-0.2, 0) is 6.54 Å². The van der Waals surface area contributed by atoms with E-state index >= 15 is 0 Å². The van der Waals surface area contributed by atoms with E-state index in [4.69, 9.17) is 21.7 Å². The zero-order valence-corrected chi connectivity index (χ0v) is 15.0. The smallest absolute Gasteiger partial charge is 0.195 e. The van der Waals surface area contributed by atoms with Gasteiger partial charge in [0.25, 0.3) is 0 Å². The van der Waals surface area contributed by atoms with E-state index < -0.39 is 0 Å². The van der Waals surface area contributed by atoms with Gasteiger partial charge in [0.1, 0.15) is 11.4 Å². The minimum atomic E-state index is 0.129. The molecule has 3 aromatic rings. The highest BCUT2D eigenvalue weighted by molar-refractivity contribution is 7.14. The number of rotatable bonds is 5. The molecule has 2 aromatic heterocycles. The first-order chi connectivity index (χ1) is 12.2. The number of hydrogen-bond acceptors (Lipinski definition) is 5. The van der Waals surface area contributed by atoms with Gasteiger partial charge in [0, 0.05) is 28.7 Å². The molecular formula is C17H16ClN5OS. The van der Waals surface area contributed by atoms with Crippen LogP contribution in [0.4, 0.5) is 5.13 Å². The molecule has 8 heteroatoms. The first kappa shape index (κ1) is 17.2. The van der Waals surface area contributed by atoms with Gasteiger partial charge in [0.15, 0.2) is 11.1 Å². The predicted octanol–water partition coefficient (Wildman–Crippen LogP) is 4.00. The molecule has 0 fully saturated rings. The van der Waals surface area contributed by atoms with Gasteiger partial charge in [0.05, 0.1) is 12.8 Å². The molecule has 0 aliphatic rings. The average Bonchev–Trinajstić information content (AvgIpc) is 3.09. The lowest BCUT2D eigenvalue weighted by molar-refractivity contribution is 0.409. The summed E-state index contributed by atoms with van der Waals surface area (Å²) in [4.78, 5) is 8.70. The normalized spacial score (nSPS) is 10.3. The van der Waals surface area contributed by atoms with Gasteiger partial charge in [-0.15, -0.1) is 11.3 Å². The highest BCUT2D eigenvalue weighted by Gasteiger charge is 2.10. The van der Waals surface area contributed by atoms with E-state index in [0.29, 0.717) is 22.4 Å². The van der Waals surface area contributed by atoms with Crippen LogP contribution in [0.25, 0.3) is 11.4 Å². The number of methoxy groups -OCH3 is 1. The number of nitrogens with one attached hydrogen (secondary N) is 3. The molecule has 0 aliphatic carbocycles. The largest absolute Gasteiger partial charge is 0.496 e. The van der Waals surface area contributed by atoms with Crippen LogP contribution in [0.1, 0.15) is 5.56 Å². The van der Waals surface area contributed by atoms with Crippen molar-refractivity contribution in [3.63, 3.8) is 0 Å². The van der Waals surface area contributed by atoms with Crippen molar-refractivity contribution in [1.82, 2.24) is 15.3 Å². The van der Waals surface area contributed by atoms with Crippen molar-refractivity contribution in [1.29, 1.82) is 5.41 Å². The van der Waals surface area contributed by atoms with Gasteiger partial charge in [-0.2, -0.15) is 0 Å². The monoisotopic (exact) mass is 373 g/mol. The Hall–Kier alpha value is -2.64. The first-order valence-electron chi connectivity index (χ1n) is 7.45. The molecule has 3 N–H and O–H groups in total. The van der Waals surface area contributed by atoms with E-state index in [1.54, 1.807) is 19.4 Å². The molecule has 3 rings (SSSR count). The number of aromatic nitrogens is 2. The molecule has 6 nitrogen and oxygen atoms in total. The van der Waals surface area contributed by atoms with Crippen LogP contribution in [0.15, 0.2) is 48.0 Å². The maximum absolute atomic E-state index is 8.03. The van der Waals surface area contributed by atoms with Crippen LogP contribution in [-0.4, -0.2) is 23.0 Å². The minimum absolute atomic E-state index is 0.129. The summed E-state index contributed by atoms with van der Waals surface area (Å²) in [5, 5.41) is 17.0. The van der Waals surface area contributed by atoms with Gasteiger partial charge >= 0.3 is 0 Å². The predicted molar refractivity (Wildman–Crippen MR) is 102 cm³/mol. The Morgan fingerprint density at radius 2 is 2.12 bits per heavy atom. The third-order valence-electron chi connectivity index (χ3n) is 3.40. The highest BCUT2D eigenvalue weighted by Crippen LogP contribution is 2.26. The van der Waals surface area contributed by atoms with E-state index in [-0.39, 0.29) is 5.96 Å². The second kappa shape index (κ2) is 7.96. The highest BCUT2D eigenvalue weighted by atomic mass is 35.5. The SMILES string of the molecule is COc1cccc(Cl)c1CNC(=N)Nc1nc(-c2ccccn2)cs1. The number of thiazole rings is 1. The minimum Gasteiger partial charge on any atom is -0.496 e. The summed E-state index contributed by atoms with van der Waals surface area (Å²) in [6.07, 6.45) is 1.72. The summed E-state index contributed by atoms with van der Waals surface area (Å²) in [6.45, 7) is 0.368. The molecule has 25 heavy (non-hydrogen) atoms. The number of anilines is 1. The number of pyridine rings is 1. The second-order valence-electron chi connectivity index (χ2n) is 5.03. The number of guanidine groups is 1. The van der Waals surface area contributed by atoms with Gasteiger partial charge in [0.2, 0.25) is 0 Å². The van der Waals surface area contributed by atoms with Gasteiger partial charge in [-0.1, -0.05) is 23.7 Å². The molecule has 1 aromatic carbocycles. The number of halogens is 1. The summed E-state index contributed by atoms with van der Waals surface area (Å²) >= 11 is 7.61. The summed E-state index contributed by atoms with van der Waals surface area (Å²) in [7, 11) is 1.59. The van der Waals surface area contributed by atoms with Crippen LogP contribution in [0.3, 0.4) is 0 Å². The molecular weight excluding hydrogens is 358 g/mol. The molecule has 0 unspecified atom stereocenters. The van der Waals surface area contributed by atoms with E-state index in [9.17, 15) is 0 Å². The Labute approximate surface area is 154 Å². The van der Waals surface area contributed by atoms with Crippen LogP contribution in [0.2, 0.25) is 5.02 Å². The third kappa shape index (κ3) is 4.26. The molecule has 0 saturated carbocycles. The van der Waals surface area contributed by atoms with Gasteiger partial charge in [-0.25, -0.2) is 4.98 Å². The Bertz CT molecular complexity index is 868. The maximum Gasteiger partial charge on any atom is 0.195 e. The van der Waals surface area contributed by atoms with Crippen molar-refractivity contribution in [2.45, 2.75) is 6.54 Å². The molecule has 0 bridgehead atoms. The first-order valence-corrected chi connectivity index (χ1v) is 8.71. The number of benzene rings is 1. The quantitative estimate of drug-likeness (QED) is 0.465. The molecule has 0 saturated heterocycles. The lowest BCUT2D eigenvalue weighted by Gasteiger charge is -2.12. The van der Waals surface area contributed by atoms with Crippen molar-refractivity contribution in [3.8, 4) is 17.1 Å². The fourth-order valence-electron chi connectivity index (χ4n) is 2.19. The molecule has 128 valence electrons. The Balaban J connectivity index is 1.61. The summed E-state index contributed by atoms with van der Waals surface area (Å²) < 4.78 is 5.30. The summed E-state index contributed by atoms with van der Waals surface area (Å²) in [6, 6.07) is 11.1. The zero-order valence-electron chi connectivity index (χ0n) is 13.4. The van der Waals surface area contributed by atoms with E-state index in [2.05, 4.69) is 20.6 Å². The molecule has 0 atom stereocenters. The lowest BCUT2D eigenvalue weighted by atomic mass is 10.2. The number of nitrogens with zero attached hydrogens (tertiary/aromatic N) is 2. The van der Waals surface area contributed by atoms with E-state index in [1.165, 1.54) is 11.3 Å². The van der Waals surface area contributed by atoms with Crippen LogP contribution >= 0.6 is 22.9 Å². The van der Waals surface area contributed by atoms with Crippen molar-refractivity contribution in [3.05, 3.63) is 58.6 Å². The zero-order chi connectivity index (χ0) is 17.6. The van der Waals surface area contributed by atoms with Gasteiger partial charge < -0.3 is 15.4 Å². The Morgan fingerprint density at radius 1 is 1.24 bits per heavy atom. The van der Waals surface area contributed by atoms with Crippen molar-refractivity contribution in [2.75, 3.05) is 12.4 Å². The fourth-order valence-corrected chi connectivity index (χ4v) is 3.13. The molecule has 2 heterocycles. The van der Waals surface area contributed by atoms with Gasteiger partial charge in [-0.05, 0) is 24.3 Å². The van der Waals surface area contributed by atoms with Crippen LogP contribution in [0, 0.1) is 5.41 Å². The van der Waals surface area contributed by atoms with E-state index in [0.717, 1.165) is 17.0 Å².